The summed E-state index contributed by atoms with van der Waals surface area (Å²) in [4.78, 5) is 11.5. The number of aryl methyl sites for hydroxylation is 1. The zero-order valence-corrected chi connectivity index (χ0v) is 18.4. The van der Waals surface area contributed by atoms with Crippen molar-refractivity contribution in [1.29, 1.82) is 0 Å². The molecule has 0 radical (unpaired) electrons. The van der Waals surface area contributed by atoms with Gasteiger partial charge in [-0.25, -0.2) is 0 Å². The summed E-state index contributed by atoms with van der Waals surface area (Å²) < 4.78 is 5.80. The van der Waals surface area contributed by atoms with E-state index in [1.165, 1.54) is 5.56 Å². The number of rotatable bonds is 12. The van der Waals surface area contributed by atoms with Gasteiger partial charge in [0.15, 0.2) is 0 Å². The third kappa shape index (κ3) is 6.88. The number of allylic oxidation sites excluding steroid dienone is 2. The largest absolute Gasteiger partial charge is 0.393 e. The van der Waals surface area contributed by atoms with Crippen LogP contribution in [0, 0.1) is 11.8 Å². The number of hydrogen-bond donors (Lipinski definition) is 4. The molecule has 1 aromatic rings. The van der Waals surface area contributed by atoms with Gasteiger partial charge in [0.25, 0.3) is 0 Å². The molecule has 4 N–H and O–H groups in total. The average molecular weight is 432 g/mol. The second-order valence-corrected chi connectivity index (χ2v) is 8.82. The number of amides is 1. The van der Waals surface area contributed by atoms with Gasteiger partial charge < -0.3 is 25.4 Å². The normalized spacial score (nSPS) is 31.1. The van der Waals surface area contributed by atoms with Crippen LogP contribution in [-0.2, 0) is 16.0 Å². The molecule has 1 saturated heterocycles. The van der Waals surface area contributed by atoms with Crippen LogP contribution < -0.4 is 5.32 Å². The Bertz CT molecular complexity index is 709. The lowest BCUT2D eigenvalue weighted by Crippen LogP contribution is -2.30. The van der Waals surface area contributed by atoms with Crippen molar-refractivity contribution >= 4 is 5.91 Å². The predicted molar refractivity (Wildman–Crippen MR) is 119 cm³/mol. The van der Waals surface area contributed by atoms with E-state index in [-0.39, 0.29) is 30.0 Å². The van der Waals surface area contributed by atoms with Gasteiger partial charge in [0.2, 0.25) is 5.91 Å². The summed E-state index contributed by atoms with van der Waals surface area (Å²) in [6.07, 6.45) is 6.43. The molecule has 172 valence electrons. The monoisotopic (exact) mass is 431 g/mol. The molecule has 6 nitrogen and oxygen atoms in total. The van der Waals surface area contributed by atoms with Crippen molar-refractivity contribution in [3.63, 3.8) is 0 Å². The van der Waals surface area contributed by atoms with Crippen LogP contribution in [0.1, 0.15) is 51.0 Å². The van der Waals surface area contributed by atoms with E-state index in [4.69, 9.17) is 4.74 Å². The molecule has 1 saturated carbocycles. The van der Waals surface area contributed by atoms with E-state index >= 15 is 0 Å². The second-order valence-electron chi connectivity index (χ2n) is 8.82. The van der Waals surface area contributed by atoms with Crippen LogP contribution in [0.2, 0.25) is 0 Å². The minimum absolute atomic E-state index is 0.0769. The Morgan fingerprint density at radius 1 is 1.23 bits per heavy atom. The van der Waals surface area contributed by atoms with Crippen LogP contribution in [-0.4, -0.2) is 58.3 Å². The molecule has 2 fully saturated rings. The molecule has 1 aliphatic heterocycles. The van der Waals surface area contributed by atoms with Crippen LogP contribution in [0.4, 0.5) is 0 Å². The number of nitrogens with one attached hydrogen (secondary N) is 1. The number of unbranched alkanes of at least 4 members (excludes halogenated alkanes) is 1. The van der Waals surface area contributed by atoms with E-state index in [0.717, 1.165) is 19.3 Å². The Labute approximate surface area is 185 Å². The topological polar surface area (TPSA) is 102 Å². The molecule has 0 spiro atoms. The maximum Gasteiger partial charge on any atom is 0.219 e. The Balaban J connectivity index is 1.44. The second kappa shape index (κ2) is 11.8. The van der Waals surface area contributed by atoms with E-state index in [1.54, 1.807) is 0 Å². The lowest BCUT2D eigenvalue weighted by molar-refractivity contribution is -0.121. The molecule has 0 bridgehead atoms. The number of aliphatic hydroxyl groups is 3. The number of ether oxygens (including phenoxy) is 1. The molecule has 2 aliphatic rings. The highest BCUT2D eigenvalue weighted by Crippen LogP contribution is 2.46. The van der Waals surface area contributed by atoms with Gasteiger partial charge in [-0.3, -0.25) is 4.79 Å². The summed E-state index contributed by atoms with van der Waals surface area (Å²) >= 11 is 0. The zero-order valence-electron chi connectivity index (χ0n) is 18.4. The number of carbonyl (C=O) groups excluding carboxylic acids is 1. The maximum atomic E-state index is 11.5. The van der Waals surface area contributed by atoms with Gasteiger partial charge >= 0.3 is 0 Å². The zero-order chi connectivity index (χ0) is 22.2. The van der Waals surface area contributed by atoms with Gasteiger partial charge in [0.1, 0.15) is 6.10 Å². The Kier molecular flexibility index (Phi) is 9.08. The lowest BCUT2D eigenvalue weighted by atomic mass is 9.85. The highest BCUT2D eigenvalue weighted by atomic mass is 16.6. The summed E-state index contributed by atoms with van der Waals surface area (Å²) in [5.41, 5.74) is 1.19. The summed E-state index contributed by atoms with van der Waals surface area (Å²) in [5, 5.41) is 34.3. The first-order valence-corrected chi connectivity index (χ1v) is 11.7. The van der Waals surface area contributed by atoms with E-state index in [1.807, 2.05) is 49.4 Å². The average Bonchev–Trinajstić information content (AvgIpc) is 3.49. The van der Waals surface area contributed by atoms with Crippen molar-refractivity contribution in [1.82, 2.24) is 5.32 Å². The Morgan fingerprint density at radius 3 is 2.74 bits per heavy atom. The molecule has 1 amide bonds. The molecule has 3 rings (SSSR count). The van der Waals surface area contributed by atoms with Crippen molar-refractivity contribution in [2.45, 2.75) is 82.4 Å². The van der Waals surface area contributed by atoms with Gasteiger partial charge in [-0.05, 0) is 56.9 Å². The van der Waals surface area contributed by atoms with Gasteiger partial charge in [0.05, 0.1) is 24.4 Å². The fraction of sp³-hybridized carbons (Fsp3) is 0.640. The first kappa shape index (κ1) is 23.9. The molecule has 1 aromatic carbocycles. The Hall–Kier alpha value is -1.73. The van der Waals surface area contributed by atoms with E-state index in [0.29, 0.717) is 32.2 Å². The number of hydrogen-bond acceptors (Lipinski definition) is 5. The SMILES string of the molecule is CCNC(=O)CCC/C=C\C[C@@H]1[C@@H]([C@@H]2OC2[C@@H](O)CCc2ccccc2)[C@H](O)C[C@@H]1O. The van der Waals surface area contributed by atoms with Crippen LogP contribution in [0.5, 0.6) is 0 Å². The van der Waals surface area contributed by atoms with Crippen LogP contribution in [0.25, 0.3) is 0 Å². The molecule has 6 heteroatoms. The van der Waals surface area contributed by atoms with E-state index in [2.05, 4.69) is 5.32 Å². The van der Waals surface area contributed by atoms with Gasteiger partial charge in [-0.1, -0.05) is 42.5 Å². The van der Waals surface area contributed by atoms with Crippen LogP contribution in [0.15, 0.2) is 42.5 Å². The van der Waals surface area contributed by atoms with Gasteiger partial charge in [0, 0.05) is 18.9 Å². The molecular formula is C25H37NO5. The number of carbonyl (C=O) groups is 1. The number of aliphatic hydroxyl groups excluding tert-OH is 3. The highest BCUT2D eigenvalue weighted by Gasteiger charge is 2.57. The quantitative estimate of drug-likeness (QED) is 0.231. The highest BCUT2D eigenvalue weighted by molar-refractivity contribution is 5.75. The third-order valence-electron chi connectivity index (χ3n) is 6.53. The summed E-state index contributed by atoms with van der Waals surface area (Å²) in [5.74, 6) is -0.162. The van der Waals surface area contributed by atoms with Gasteiger partial charge in [-0.2, -0.15) is 0 Å². The molecule has 0 aromatic heterocycles. The predicted octanol–water partition coefficient (Wildman–Crippen LogP) is 2.36. The fourth-order valence-electron chi connectivity index (χ4n) is 4.81. The Morgan fingerprint density at radius 2 is 2.00 bits per heavy atom. The first-order chi connectivity index (χ1) is 15.0. The van der Waals surface area contributed by atoms with Crippen molar-refractivity contribution in [3.8, 4) is 0 Å². The molecule has 1 heterocycles. The molecular weight excluding hydrogens is 394 g/mol. The third-order valence-corrected chi connectivity index (χ3v) is 6.53. The number of benzene rings is 1. The number of epoxide rings is 1. The molecule has 1 aliphatic carbocycles. The fourth-order valence-corrected chi connectivity index (χ4v) is 4.81. The summed E-state index contributed by atoms with van der Waals surface area (Å²) in [7, 11) is 0. The molecule has 31 heavy (non-hydrogen) atoms. The molecule has 7 atom stereocenters. The van der Waals surface area contributed by atoms with Crippen molar-refractivity contribution in [3.05, 3.63) is 48.0 Å². The maximum absolute atomic E-state index is 11.5. The molecule has 1 unspecified atom stereocenters. The van der Waals surface area contributed by atoms with Crippen molar-refractivity contribution in [2.24, 2.45) is 11.8 Å². The van der Waals surface area contributed by atoms with Crippen molar-refractivity contribution in [2.75, 3.05) is 6.54 Å². The van der Waals surface area contributed by atoms with Crippen molar-refractivity contribution < 1.29 is 24.9 Å². The van der Waals surface area contributed by atoms with E-state index in [9.17, 15) is 20.1 Å². The first-order valence-electron chi connectivity index (χ1n) is 11.7. The minimum Gasteiger partial charge on any atom is -0.393 e. The standard InChI is InChI=1S/C25H37NO5/c1-2-26-22(30)13-9-4-3-8-12-18-20(28)16-21(29)23(18)25-24(31-25)19(27)15-14-17-10-6-5-7-11-17/h3,5-8,10-11,18-21,23-25,27-29H,2,4,9,12-16H2,1H3,(H,26,30)/b8-3-/t18-,19-,20-,21+,23+,24?,25-/m0/s1. The summed E-state index contributed by atoms with van der Waals surface area (Å²) in [6.45, 7) is 2.56. The van der Waals surface area contributed by atoms with Gasteiger partial charge in [-0.15, -0.1) is 0 Å². The van der Waals surface area contributed by atoms with E-state index < -0.39 is 18.3 Å². The summed E-state index contributed by atoms with van der Waals surface area (Å²) in [6, 6.07) is 10.1. The smallest absolute Gasteiger partial charge is 0.219 e. The minimum atomic E-state index is -0.609. The van der Waals surface area contributed by atoms with Crippen LogP contribution >= 0.6 is 0 Å². The lowest BCUT2D eigenvalue weighted by Gasteiger charge is -2.21. The van der Waals surface area contributed by atoms with Crippen LogP contribution in [0.3, 0.4) is 0 Å².